The fraction of sp³-hybridized carbons (Fsp3) is 0.118. The van der Waals surface area contributed by atoms with Crippen molar-refractivity contribution in [1.29, 1.82) is 0 Å². The van der Waals surface area contributed by atoms with E-state index in [1.807, 2.05) is 30.3 Å². The van der Waals surface area contributed by atoms with Crippen LogP contribution in [0.3, 0.4) is 0 Å². The van der Waals surface area contributed by atoms with Crippen molar-refractivity contribution in [3.8, 4) is 0 Å². The number of nitrogens with zero attached hydrogens (tertiary/aromatic N) is 1. The Labute approximate surface area is 132 Å². The third-order valence-electron chi connectivity index (χ3n) is 3.57. The molecule has 112 valence electrons. The average molecular weight is 319 g/mol. The first-order valence-corrected chi connectivity index (χ1v) is 7.19. The van der Waals surface area contributed by atoms with Gasteiger partial charge in [-0.25, -0.2) is 8.78 Å². The molecule has 1 unspecified atom stereocenters. The van der Waals surface area contributed by atoms with Crippen LogP contribution >= 0.6 is 11.6 Å². The summed E-state index contributed by atoms with van der Waals surface area (Å²) in [6.07, 6.45) is 2.42. The number of benzene rings is 1. The zero-order valence-electron chi connectivity index (χ0n) is 11.6. The molecular weight excluding hydrogens is 306 g/mol. The summed E-state index contributed by atoms with van der Waals surface area (Å²) in [6, 6.07) is 9.37. The number of hydrogen-bond acceptors (Lipinski definition) is 2. The topological polar surface area (TPSA) is 24.9 Å². The number of nitrogens with one attached hydrogen (secondary N) is 1. The summed E-state index contributed by atoms with van der Waals surface area (Å²) in [6.45, 7) is 3.82. The van der Waals surface area contributed by atoms with E-state index in [1.165, 1.54) is 0 Å². The van der Waals surface area contributed by atoms with Crippen molar-refractivity contribution in [3.05, 3.63) is 77.8 Å². The first-order chi connectivity index (χ1) is 10.6. The summed E-state index contributed by atoms with van der Waals surface area (Å²) < 4.78 is 28.2. The molecule has 1 aromatic heterocycles. The molecule has 1 aliphatic heterocycles. The van der Waals surface area contributed by atoms with E-state index in [0.717, 1.165) is 23.5 Å². The largest absolute Gasteiger partial charge is 0.357 e. The Morgan fingerprint density at radius 2 is 1.77 bits per heavy atom. The van der Waals surface area contributed by atoms with Gasteiger partial charge in [-0.05, 0) is 17.6 Å². The van der Waals surface area contributed by atoms with Gasteiger partial charge in [0.1, 0.15) is 0 Å². The van der Waals surface area contributed by atoms with Gasteiger partial charge in [-0.15, -0.1) is 11.6 Å². The normalized spacial score (nSPS) is 18.3. The van der Waals surface area contributed by atoms with E-state index in [2.05, 4.69) is 16.9 Å². The molecule has 0 saturated heterocycles. The molecule has 0 bridgehead atoms. The second kappa shape index (κ2) is 5.89. The van der Waals surface area contributed by atoms with Gasteiger partial charge in [0, 0.05) is 5.70 Å². The quantitative estimate of drug-likeness (QED) is 0.833. The fourth-order valence-corrected chi connectivity index (χ4v) is 2.69. The van der Waals surface area contributed by atoms with Crippen molar-refractivity contribution in [1.82, 2.24) is 10.3 Å². The van der Waals surface area contributed by atoms with Crippen molar-refractivity contribution in [3.63, 3.8) is 0 Å². The standard InChI is InChI=1S/C17H13ClF2N2/c1-10-13(18)7-12(11-5-3-2-4-6-11)17(22-10)16-14(19)8-21-9-15(16)20/h2-6,8-9,13,22H,1,7H2. The van der Waals surface area contributed by atoms with Gasteiger partial charge in [0.05, 0.1) is 29.0 Å². The Kier molecular flexibility index (Phi) is 3.94. The van der Waals surface area contributed by atoms with E-state index in [1.54, 1.807) is 0 Å². The molecule has 1 aromatic carbocycles. The third-order valence-corrected chi connectivity index (χ3v) is 3.99. The Bertz CT molecular complexity index is 736. The molecule has 0 aliphatic carbocycles. The van der Waals surface area contributed by atoms with Gasteiger partial charge < -0.3 is 5.32 Å². The van der Waals surface area contributed by atoms with E-state index >= 15 is 0 Å². The van der Waals surface area contributed by atoms with E-state index in [-0.39, 0.29) is 10.9 Å². The zero-order valence-corrected chi connectivity index (χ0v) is 12.4. The Morgan fingerprint density at radius 3 is 2.41 bits per heavy atom. The Morgan fingerprint density at radius 1 is 1.14 bits per heavy atom. The number of rotatable bonds is 2. The van der Waals surface area contributed by atoms with Crippen LogP contribution in [0.2, 0.25) is 0 Å². The van der Waals surface area contributed by atoms with E-state index in [9.17, 15) is 8.78 Å². The van der Waals surface area contributed by atoms with Crippen LogP contribution in [0.4, 0.5) is 8.78 Å². The molecule has 0 spiro atoms. The minimum atomic E-state index is -0.725. The maximum Gasteiger partial charge on any atom is 0.153 e. The number of aromatic nitrogens is 1. The predicted octanol–water partition coefficient (Wildman–Crippen LogP) is 4.34. The molecule has 2 heterocycles. The maximum atomic E-state index is 14.1. The molecule has 1 aliphatic rings. The van der Waals surface area contributed by atoms with E-state index in [0.29, 0.717) is 17.8 Å². The highest BCUT2D eigenvalue weighted by atomic mass is 35.5. The molecule has 0 fully saturated rings. The molecule has 2 nitrogen and oxygen atoms in total. The molecule has 3 rings (SSSR count). The highest BCUT2D eigenvalue weighted by molar-refractivity contribution is 6.23. The molecule has 5 heteroatoms. The van der Waals surface area contributed by atoms with Crippen LogP contribution in [0.25, 0.3) is 11.3 Å². The van der Waals surface area contributed by atoms with Gasteiger partial charge in [0.25, 0.3) is 0 Å². The first-order valence-electron chi connectivity index (χ1n) is 6.75. The van der Waals surface area contributed by atoms with Crippen molar-refractivity contribution >= 4 is 22.9 Å². The van der Waals surface area contributed by atoms with Gasteiger partial charge >= 0.3 is 0 Å². The smallest absolute Gasteiger partial charge is 0.153 e. The van der Waals surface area contributed by atoms with Gasteiger partial charge in [0.2, 0.25) is 0 Å². The zero-order chi connectivity index (χ0) is 15.7. The molecule has 2 aromatic rings. The fourth-order valence-electron chi connectivity index (χ4n) is 2.48. The molecule has 0 amide bonds. The monoisotopic (exact) mass is 318 g/mol. The summed E-state index contributed by atoms with van der Waals surface area (Å²) >= 11 is 6.25. The molecular formula is C17H13ClF2N2. The third kappa shape index (κ3) is 2.62. The summed E-state index contributed by atoms with van der Waals surface area (Å²) in [5.41, 5.74) is 2.34. The predicted molar refractivity (Wildman–Crippen MR) is 83.9 cm³/mol. The van der Waals surface area contributed by atoms with Gasteiger partial charge in [0.15, 0.2) is 11.6 Å². The highest BCUT2D eigenvalue weighted by Gasteiger charge is 2.27. The lowest BCUT2D eigenvalue weighted by Crippen LogP contribution is -2.26. The summed E-state index contributed by atoms with van der Waals surface area (Å²) in [5, 5.41) is 2.62. The van der Waals surface area contributed by atoms with Crippen LogP contribution < -0.4 is 5.32 Å². The lowest BCUT2D eigenvalue weighted by molar-refractivity contribution is 0.564. The summed E-state index contributed by atoms with van der Waals surface area (Å²) in [5.74, 6) is -1.45. The van der Waals surface area contributed by atoms with Gasteiger partial charge in [-0.2, -0.15) is 0 Å². The maximum absolute atomic E-state index is 14.1. The average Bonchev–Trinajstić information content (AvgIpc) is 2.51. The Hall–Kier alpha value is -2.20. The molecule has 1 N–H and O–H groups in total. The lowest BCUT2D eigenvalue weighted by Gasteiger charge is -2.28. The molecule has 0 saturated carbocycles. The van der Waals surface area contributed by atoms with Crippen LogP contribution in [0, 0.1) is 11.6 Å². The second-order valence-electron chi connectivity index (χ2n) is 5.02. The number of alkyl halides is 1. The minimum Gasteiger partial charge on any atom is -0.357 e. The second-order valence-corrected chi connectivity index (χ2v) is 5.55. The first kappa shape index (κ1) is 14.7. The van der Waals surface area contributed by atoms with Crippen LogP contribution in [0.15, 0.2) is 55.0 Å². The summed E-state index contributed by atoms with van der Waals surface area (Å²) in [7, 11) is 0. The number of pyridine rings is 1. The van der Waals surface area contributed by atoms with Gasteiger partial charge in [-0.1, -0.05) is 36.9 Å². The highest BCUT2D eigenvalue weighted by Crippen LogP contribution is 2.37. The Balaban J connectivity index is 2.24. The van der Waals surface area contributed by atoms with E-state index < -0.39 is 11.6 Å². The molecule has 0 radical (unpaired) electrons. The SMILES string of the molecule is C=C1NC(c2c(F)cncc2F)=C(c2ccccc2)CC1Cl. The minimum absolute atomic E-state index is 0.140. The molecule has 1 atom stereocenters. The molecule has 22 heavy (non-hydrogen) atoms. The van der Waals surface area contributed by atoms with Crippen LogP contribution in [-0.2, 0) is 0 Å². The van der Waals surface area contributed by atoms with Crippen LogP contribution in [-0.4, -0.2) is 10.4 Å². The van der Waals surface area contributed by atoms with Crippen LogP contribution in [0.1, 0.15) is 17.5 Å². The summed E-state index contributed by atoms with van der Waals surface area (Å²) in [4.78, 5) is 3.52. The van der Waals surface area contributed by atoms with E-state index in [4.69, 9.17) is 11.6 Å². The van der Waals surface area contributed by atoms with Crippen molar-refractivity contribution in [2.45, 2.75) is 11.8 Å². The van der Waals surface area contributed by atoms with Crippen molar-refractivity contribution < 1.29 is 8.78 Å². The van der Waals surface area contributed by atoms with Gasteiger partial charge in [-0.3, -0.25) is 4.98 Å². The van der Waals surface area contributed by atoms with Crippen molar-refractivity contribution in [2.75, 3.05) is 0 Å². The lowest BCUT2D eigenvalue weighted by atomic mass is 9.91. The number of allylic oxidation sites excluding steroid dienone is 2. The van der Waals surface area contributed by atoms with Crippen LogP contribution in [0.5, 0.6) is 0 Å². The number of hydrogen-bond donors (Lipinski definition) is 1. The number of halogens is 3. The van der Waals surface area contributed by atoms with Crippen molar-refractivity contribution in [2.24, 2.45) is 0 Å².